The van der Waals surface area contributed by atoms with Crippen LogP contribution in [0.2, 0.25) is 0 Å². The van der Waals surface area contributed by atoms with Crippen LogP contribution in [-0.2, 0) is 0 Å². The molecule has 0 saturated heterocycles. The maximum Gasteiger partial charge on any atom is 0.387 e. The summed E-state index contributed by atoms with van der Waals surface area (Å²) < 4.78 is 35.1. The van der Waals surface area contributed by atoms with Crippen LogP contribution in [0.25, 0.3) is 0 Å². The SMILES string of the molecule is COc1ccc(N(C(=O)c2ccccc2OC(F)F)C(C)C2CC2)cc1. The number of carbonyl (C=O) groups is 1. The summed E-state index contributed by atoms with van der Waals surface area (Å²) in [6.07, 6.45) is 2.10. The Labute approximate surface area is 151 Å². The van der Waals surface area contributed by atoms with Gasteiger partial charge in [-0.1, -0.05) is 12.1 Å². The van der Waals surface area contributed by atoms with Crippen molar-refractivity contribution < 1.29 is 23.0 Å². The maximum absolute atomic E-state index is 13.2. The summed E-state index contributed by atoms with van der Waals surface area (Å²) in [5.74, 6) is 0.616. The van der Waals surface area contributed by atoms with E-state index in [9.17, 15) is 13.6 Å². The zero-order valence-corrected chi connectivity index (χ0v) is 14.7. The molecule has 26 heavy (non-hydrogen) atoms. The van der Waals surface area contributed by atoms with E-state index in [1.54, 1.807) is 48.4 Å². The van der Waals surface area contributed by atoms with Gasteiger partial charge in [0.25, 0.3) is 5.91 Å². The first-order valence-corrected chi connectivity index (χ1v) is 8.52. The fourth-order valence-electron chi connectivity index (χ4n) is 3.04. The third kappa shape index (κ3) is 3.95. The predicted molar refractivity (Wildman–Crippen MR) is 95.1 cm³/mol. The molecule has 1 aliphatic carbocycles. The van der Waals surface area contributed by atoms with Gasteiger partial charge in [-0.15, -0.1) is 0 Å². The number of carbonyl (C=O) groups excluding carboxylic acids is 1. The summed E-state index contributed by atoms with van der Waals surface area (Å²) >= 11 is 0. The van der Waals surface area contributed by atoms with Crippen LogP contribution in [0.1, 0.15) is 30.1 Å². The molecule has 1 saturated carbocycles. The van der Waals surface area contributed by atoms with Gasteiger partial charge in [-0.3, -0.25) is 4.79 Å². The van der Waals surface area contributed by atoms with Gasteiger partial charge in [0, 0.05) is 11.7 Å². The Morgan fingerprint density at radius 3 is 2.35 bits per heavy atom. The van der Waals surface area contributed by atoms with Crippen LogP contribution in [0.5, 0.6) is 11.5 Å². The van der Waals surface area contributed by atoms with Gasteiger partial charge < -0.3 is 14.4 Å². The molecule has 1 aliphatic rings. The lowest BCUT2D eigenvalue weighted by Gasteiger charge is -2.30. The second-order valence-electron chi connectivity index (χ2n) is 6.33. The molecule has 2 aromatic carbocycles. The number of ether oxygens (including phenoxy) is 2. The van der Waals surface area contributed by atoms with Crippen molar-refractivity contribution in [3.63, 3.8) is 0 Å². The number of hydrogen-bond acceptors (Lipinski definition) is 3. The van der Waals surface area contributed by atoms with Gasteiger partial charge in [-0.25, -0.2) is 0 Å². The van der Waals surface area contributed by atoms with E-state index in [-0.39, 0.29) is 23.3 Å². The summed E-state index contributed by atoms with van der Waals surface area (Å²) in [4.78, 5) is 14.9. The van der Waals surface area contributed by atoms with Crippen molar-refractivity contribution in [3.8, 4) is 11.5 Å². The van der Waals surface area contributed by atoms with E-state index >= 15 is 0 Å². The zero-order valence-electron chi connectivity index (χ0n) is 14.7. The summed E-state index contributed by atoms with van der Waals surface area (Å²) in [6.45, 7) is -1.00. The average Bonchev–Trinajstić information content (AvgIpc) is 3.47. The lowest BCUT2D eigenvalue weighted by Crippen LogP contribution is -2.40. The molecule has 2 aromatic rings. The molecule has 1 atom stereocenters. The van der Waals surface area contributed by atoms with Gasteiger partial charge >= 0.3 is 6.61 Å². The maximum atomic E-state index is 13.2. The number of hydrogen-bond donors (Lipinski definition) is 0. The molecule has 0 bridgehead atoms. The monoisotopic (exact) mass is 361 g/mol. The van der Waals surface area contributed by atoms with Crippen LogP contribution in [0, 0.1) is 5.92 Å². The number of amides is 1. The molecule has 0 radical (unpaired) electrons. The predicted octanol–water partition coefficient (Wildman–Crippen LogP) is 4.74. The number of rotatable bonds is 7. The quantitative estimate of drug-likeness (QED) is 0.715. The first-order valence-electron chi connectivity index (χ1n) is 8.52. The zero-order chi connectivity index (χ0) is 18.7. The molecule has 0 aromatic heterocycles. The Hall–Kier alpha value is -2.63. The van der Waals surface area contributed by atoms with Gasteiger partial charge in [-0.05, 0) is 62.1 Å². The van der Waals surface area contributed by atoms with E-state index in [4.69, 9.17) is 4.74 Å². The summed E-state index contributed by atoms with van der Waals surface area (Å²) in [5, 5.41) is 0. The Kier molecular flexibility index (Phi) is 5.40. The normalized spacial score (nSPS) is 14.8. The molecule has 0 spiro atoms. The van der Waals surface area contributed by atoms with Crippen molar-refractivity contribution in [2.75, 3.05) is 12.0 Å². The molecule has 1 amide bonds. The van der Waals surface area contributed by atoms with E-state index < -0.39 is 6.61 Å². The van der Waals surface area contributed by atoms with E-state index in [1.165, 1.54) is 12.1 Å². The van der Waals surface area contributed by atoms with Gasteiger partial charge in [0.1, 0.15) is 11.5 Å². The van der Waals surface area contributed by atoms with Gasteiger partial charge in [-0.2, -0.15) is 8.78 Å². The Bertz CT molecular complexity index is 760. The highest BCUT2D eigenvalue weighted by molar-refractivity contribution is 6.08. The van der Waals surface area contributed by atoms with Crippen LogP contribution in [0.15, 0.2) is 48.5 Å². The molecule has 0 heterocycles. The first-order chi connectivity index (χ1) is 12.5. The lowest BCUT2D eigenvalue weighted by molar-refractivity contribution is -0.0501. The number of anilines is 1. The Balaban J connectivity index is 1.97. The molecule has 6 heteroatoms. The van der Waals surface area contributed by atoms with Crippen LogP contribution in [-0.4, -0.2) is 25.7 Å². The van der Waals surface area contributed by atoms with E-state index in [1.807, 2.05) is 6.92 Å². The number of methoxy groups -OCH3 is 1. The molecule has 4 nitrogen and oxygen atoms in total. The molecular formula is C20H21F2NO3. The number of benzene rings is 2. The first kappa shape index (κ1) is 18.2. The van der Waals surface area contributed by atoms with Crippen LogP contribution in [0.3, 0.4) is 0 Å². The van der Waals surface area contributed by atoms with Crippen molar-refractivity contribution in [1.82, 2.24) is 0 Å². The third-order valence-electron chi connectivity index (χ3n) is 4.61. The highest BCUT2D eigenvalue weighted by Crippen LogP contribution is 2.38. The molecule has 1 unspecified atom stereocenters. The second kappa shape index (κ2) is 7.72. The number of alkyl halides is 2. The molecule has 138 valence electrons. The van der Waals surface area contributed by atoms with Crippen molar-refractivity contribution in [1.29, 1.82) is 0 Å². The lowest BCUT2D eigenvalue weighted by atomic mass is 10.1. The molecular weight excluding hydrogens is 340 g/mol. The fourth-order valence-corrected chi connectivity index (χ4v) is 3.04. The minimum atomic E-state index is -2.99. The third-order valence-corrected chi connectivity index (χ3v) is 4.61. The van der Waals surface area contributed by atoms with Crippen LogP contribution < -0.4 is 14.4 Å². The van der Waals surface area contributed by atoms with E-state index in [0.717, 1.165) is 12.8 Å². The summed E-state index contributed by atoms with van der Waals surface area (Å²) in [5.41, 5.74) is 0.818. The molecule has 1 fully saturated rings. The van der Waals surface area contributed by atoms with Gasteiger partial charge in [0.2, 0.25) is 0 Å². The number of halogens is 2. The molecule has 0 N–H and O–H groups in total. The van der Waals surface area contributed by atoms with Gasteiger partial charge in [0.15, 0.2) is 0 Å². The number of para-hydroxylation sites is 1. The smallest absolute Gasteiger partial charge is 0.387 e. The fraction of sp³-hybridized carbons (Fsp3) is 0.350. The van der Waals surface area contributed by atoms with Gasteiger partial charge in [0.05, 0.1) is 12.7 Å². The van der Waals surface area contributed by atoms with Crippen LogP contribution in [0.4, 0.5) is 14.5 Å². The van der Waals surface area contributed by atoms with E-state index in [2.05, 4.69) is 4.74 Å². The highest BCUT2D eigenvalue weighted by atomic mass is 19.3. The van der Waals surface area contributed by atoms with Crippen molar-refractivity contribution >= 4 is 11.6 Å². The van der Waals surface area contributed by atoms with Crippen LogP contribution >= 0.6 is 0 Å². The second-order valence-corrected chi connectivity index (χ2v) is 6.33. The minimum absolute atomic E-state index is 0.0458. The Morgan fingerprint density at radius 1 is 1.12 bits per heavy atom. The molecule has 3 rings (SSSR count). The minimum Gasteiger partial charge on any atom is -0.497 e. The van der Waals surface area contributed by atoms with Crippen molar-refractivity contribution in [2.45, 2.75) is 32.4 Å². The number of nitrogens with zero attached hydrogens (tertiary/aromatic N) is 1. The average molecular weight is 361 g/mol. The molecule has 0 aliphatic heterocycles. The Morgan fingerprint density at radius 2 is 1.77 bits per heavy atom. The van der Waals surface area contributed by atoms with Crippen molar-refractivity contribution in [2.24, 2.45) is 5.92 Å². The van der Waals surface area contributed by atoms with Crippen molar-refractivity contribution in [3.05, 3.63) is 54.1 Å². The standard InChI is InChI=1S/C20H21F2NO3/c1-13(14-7-8-14)23(15-9-11-16(25-2)12-10-15)19(24)17-5-3-4-6-18(17)26-20(21)22/h3-6,9-14,20H,7-8H2,1-2H3. The largest absolute Gasteiger partial charge is 0.497 e. The summed E-state index contributed by atoms with van der Waals surface area (Å²) in [7, 11) is 1.57. The summed E-state index contributed by atoms with van der Waals surface area (Å²) in [6, 6.07) is 13.2. The van der Waals surface area contributed by atoms with E-state index in [0.29, 0.717) is 17.4 Å². The topological polar surface area (TPSA) is 38.8 Å². The highest BCUT2D eigenvalue weighted by Gasteiger charge is 2.36.